The second-order valence-corrected chi connectivity index (χ2v) is 6.44. The summed E-state index contributed by atoms with van der Waals surface area (Å²) in [7, 11) is 0. The van der Waals surface area contributed by atoms with E-state index in [2.05, 4.69) is 24.5 Å². The summed E-state index contributed by atoms with van der Waals surface area (Å²) in [5, 5.41) is 16.2. The van der Waals surface area contributed by atoms with Crippen molar-refractivity contribution in [3.63, 3.8) is 0 Å². The number of aliphatic hydroxyl groups is 1. The molecule has 0 aromatic rings. The molecule has 1 aliphatic heterocycles. The van der Waals surface area contributed by atoms with E-state index in [0.717, 1.165) is 25.8 Å². The molecule has 2 unspecified atom stereocenters. The zero-order valence-corrected chi connectivity index (χ0v) is 12.2. The molecule has 1 fully saturated rings. The number of carbonyl (C=O) groups is 1. The lowest BCUT2D eigenvalue weighted by atomic mass is 9.77. The first-order valence-corrected chi connectivity index (χ1v) is 7.02. The van der Waals surface area contributed by atoms with Gasteiger partial charge in [-0.2, -0.15) is 0 Å². The highest BCUT2D eigenvalue weighted by Gasteiger charge is 2.37. The molecular weight excluding hydrogens is 228 g/mol. The number of amides is 1. The van der Waals surface area contributed by atoms with Crippen molar-refractivity contribution in [3.05, 3.63) is 0 Å². The Bertz CT molecular complexity index is 288. The van der Waals surface area contributed by atoms with Gasteiger partial charge >= 0.3 is 0 Å². The monoisotopic (exact) mass is 256 g/mol. The molecule has 3 N–H and O–H groups in total. The molecule has 2 atom stereocenters. The number of nitrogens with one attached hydrogen (secondary N) is 2. The molecule has 0 aromatic carbocycles. The quantitative estimate of drug-likeness (QED) is 0.697. The fourth-order valence-corrected chi connectivity index (χ4v) is 2.67. The SMILES string of the molecule is CCCC(C)(O)CNC(=O)C1NCCCC1(C)C. The lowest BCUT2D eigenvalue weighted by molar-refractivity contribution is -0.128. The third-order valence-electron chi connectivity index (χ3n) is 3.82. The molecule has 1 amide bonds. The maximum absolute atomic E-state index is 12.2. The van der Waals surface area contributed by atoms with Gasteiger partial charge in [0.2, 0.25) is 5.91 Å². The van der Waals surface area contributed by atoms with Gasteiger partial charge in [0.1, 0.15) is 0 Å². The topological polar surface area (TPSA) is 61.4 Å². The van der Waals surface area contributed by atoms with Gasteiger partial charge in [-0.3, -0.25) is 4.79 Å². The van der Waals surface area contributed by atoms with E-state index in [1.807, 2.05) is 6.92 Å². The van der Waals surface area contributed by atoms with Crippen LogP contribution in [-0.2, 0) is 4.79 Å². The standard InChI is InChI=1S/C14H28N2O2/c1-5-7-14(4,18)10-16-12(17)11-13(2,3)8-6-9-15-11/h11,15,18H,5-10H2,1-4H3,(H,16,17). The molecule has 1 aliphatic rings. The molecule has 1 heterocycles. The van der Waals surface area contributed by atoms with Crippen molar-refractivity contribution < 1.29 is 9.90 Å². The van der Waals surface area contributed by atoms with Crippen LogP contribution in [0.4, 0.5) is 0 Å². The Kier molecular flexibility index (Phi) is 5.17. The highest BCUT2D eigenvalue weighted by molar-refractivity contribution is 5.82. The third kappa shape index (κ3) is 4.25. The van der Waals surface area contributed by atoms with Crippen LogP contribution in [-0.4, -0.2) is 35.7 Å². The van der Waals surface area contributed by atoms with Crippen LogP contribution < -0.4 is 10.6 Å². The predicted molar refractivity (Wildman–Crippen MR) is 73.3 cm³/mol. The maximum atomic E-state index is 12.2. The average molecular weight is 256 g/mol. The van der Waals surface area contributed by atoms with Crippen LogP contribution in [0.15, 0.2) is 0 Å². The predicted octanol–water partition coefficient (Wildman–Crippen LogP) is 1.43. The largest absolute Gasteiger partial charge is 0.388 e. The van der Waals surface area contributed by atoms with Gasteiger partial charge in [-0.25, -0.2) is 0 Å². The molecule has 106 valence electrons. The van der Waals surface area contributed by atoms with Gasteiger partial charge in [0, 0.05) is 6.54 Å². The Morgan fingerprint density at radius 3 is 2.78 bits per heavy atom. The second kappa shape index (κ2) is 6.02. The van der Waals surface area contributed by atoms with Crippen molar-refractivity contribution in [3.8, 4) is 0 Å². The smallest absolute Gasteiger partial charge is 0.237 e. The molecule has 0 bridgehead atoms. The molecular formula is C14H28N2O2. The number of hydrogen-bond acceptors (Lipinski definition) is 3. The summed E-state index contributed by atoms with van der Waals surface area (Å²) in [5.41, 5.74) is -0.817. The number of hydrogen-bond donors (Lipinski definition) is 3. The van der Waals surface area contributed by atoms with Crippen LogP contribution >= 0.6 is 0 Å². The van der Waals surface area contributed by atoms with E-state index in [-0.39, 0.29) is 17.4 Å². The van der Waals surface area contributed by atoms with Crippen LogP contribution in [0.2, 0.25) is 0 Å². The summed E-state index contributed by atoms with van der Waals surface area (Å²) in [5.74, 6) is 0.0103. The minimum atomic E-state index is -0.802. The van der Waals surface area contributed by atoms with Crippen molar-refractivity contribution in [2.45, 2.75) is 65.0 Å². The molecule has 4 nitrogen and oxygen atoms in total. The van der Waals surface area contributed by atoms with E-state index in [1.165, 1.54) is 0 Å². The van der Waals surface area contributed by atoms with Gasteiger partial charge in [-0.1, -0.05) is 27.2 Å². The van der Waals surface area contributed by atoms with Gasteiger partial charge in [-0.05, 0) is 38.1 Å². The minimum absolute atomic E-state index is 0.0103. The van der Waals surface area contributed by atoms with Crippen LogP contribution in [0.3, 0.4) is 0 Å². The van der Waals surface area contributed by atoms with Gasteiger partial charge < -0.3 is 15.7 Å². The Labute approximate surface area is 111 Å². The fourth-order valence-electron chi connectivity index (χ4n) is 2.67. The van der Waals surface area contributed by atoms with Gasteiger partial charge in [0.25, 0.3) is 0 Å². The van der Waals surface area contributed by atoms with Crippen molar-refractivity contribution in [2.24, 2.45) is 5.41 Å². The van der Waals surface area contributed by atoms with Gasteiger partial charge in [0.15, 0.2) is 0 Å². The normalized spacial score (nSPS) is 26.4. The van der Waals surface area contributed by atoms with Crippen LogP contribution in [0.5, 0.6) is 0 Å². The van der Waals surface area contributed by atoms with Crippen molar-refractivity contribution in [2.75, 3.05) is 13.1 Å². The molecule has 18 heavy (non-hydrogen) atoms. The zero-order valence-electron chi connectivity index (χ0n) is 12.2. The molecule has 0 radical (unpaired) electrons. The van der Waals surface area contributed by atoms with Crippen molar-refractivity contribution >= 4 is 5.91 Å². The van der Waals surface area contributed by atoms with Crippen molar-refractivity contribution in [1.82, 2.24) is 10.6 Å². The highest BCUT2D eigenvalue weighted by atomic mass is 16.3. The lowest BCUT2D eigenvalue weighted by Crippen LogP contribution is -2.57. The summed E-state index contributed by atoms with van der Waals surface area (Å²) in [6.45, 7) is 9.26. The first kappa shape index (κ1) is 15.4. The van der Waals surface area contributed by atoms with Crippen molar-refractivity contribution in [1.29, 1.82) is 0 Å². The zero-order chi connectivity index (χ0) is 13.8. The van der Waals surface area contributed by atoms with E-state index in [4.69, 9.17) is 0 Å². The van der Waals surface area contributed by atoms with E-state index in [9.17, 15) is 9.90 Å². The van der Waals surface area contributed by atoms with Gasteiger partial charge in [-0.15, -0.1) is 0 Å². The summed E-state index contributed by atoms with van der Waals surface area (Å²) in [6.07, 6.45) is 3.79. The Balaban J connectivity index is 2.50. The molecule has 4 heteroatoms. The number of piperidine rings is 1. The maximum Gasteiger partial charge on any atom is 0.237 e. The fraction of sp³-hybridized carbons (Fsp3) is 0.929. The third-order valence-corrected chi connectivity index (χ3v) is 3.82. The molecule has 0 spiro atoms. The number of rotatable bonds is 5. The van der Waals surface area contributed by atoms with Crippen LogP contribution in [0.25, 0.3) is 0 Å². The first-order valence-electron chi connectivity index (χ1n) is 7.02. The van der Waals surface area contributed by atoms with Crippen LogP contribution in [0, 0.1) is 5.41 Å². The Morgan fingerprint density at radius 1 is 1.56 bits per heavy atom. The first-order chi connectivity index (χ1) is 8.28. The van der Waals surface area contributed by atoms with Crippen LogP contribution in [0.1, 0.15) is 53.4 Å². The average Bonchev–Trinajstić information content (AvgIpc) is 2.25. The molecule has 0 saturated carbocycles. The summed E-state index contributed by atoms with van der Waals surface area (Å²) in [4.78, 5) is 12.2. The second-order valence-electron chi connectivity index (χ2n) is 6.44. The summed E-state index contributed by atoms with van der Waals surface area (Å²) < 4.78 is 0. The Morgan fingerprint density at radius 2 is 2.22 bits per heavy atom. The lowest BCUT2D eigenvalue weighted by Gasteiger charge is -2.38. The van der Waals surface area contributed by atoms with E-state index in [1.54, 1.807) is 6.92 Å². The van der Waals surface area contributed by atoms with E-state index < -0.39 is 5.60 Å². The molecule has 1 rings (SSSR count). The summed E-state index contributed by atoms with van der Waals surface area (Å²) in [6, 6.07) is -0.149. The summed E-state index contributed by atoms with van der Waals surface area (Å²) >= 11 is 0. The number of carbonyl (C=O) groups excluding carboxylic acids is 1. The minimum Gasteiger partial charge on any atom is -0.388 e. The molecule has 0 aliphatic carbocycles. The molecule has 0 aromatic heterocycles. The van der Waals surface area contributed by atoms with Gasteiger partial charge in [0.05, 0.1) is 11.6 Å². The van der Waals surface area contributed by atoms with E-state index >= 15 is 0 Å². The highest BCUT2D eigenvalue weighted by Crippen LogP contribution is 2.30. The van der Waals surface area contributed by atoms with E-state index in [0.29, 0.717) is 13.0 Å². The molecule has 1 saturated heterocycles. The Hall–Kier alpha value is -0.610.